The summed E-state index contributed by atoms with van der Waals surface area (Å²) in [5.41, 5.74) is 0. The molecule has 0 radical (unpaired) electrons. The fraction of sp³-hybridized carbons (Fsp3) is 0.702. The molecule has 0 aromatic heterocycles. The van der Waals surface area contributed by atoms with Gasteiger partial charge in [0.15, 0.2) is 6.10 Å². The second-order valence-electron chi connectivity index (χ2n) is 16.6. The Morgan fingerprint density at radius 2 is 1.09 bits per heavy atom. The number of hydrogen-bond donors (Lipinski definition) is 10. The summed E-state index contributed by atoms with van der Waals surface area (Å²) in [6, 6.07) is 0. The molecule has 19 nitrogen and oxygen atoms in total. The lowest BCUT2D eigenvalue weighted by Crippen LogP contribution is -2.64. The Morgan fingerprint density at radius 3 is 1.68 bits per heavy atom. The van der Waals surface area contributed by atoms with Gasteiger partial charge in [0, 0.05) is 12.8 Å². The fourth-order valence-corrected chi connectivity index (χ4v) is 8.38. The molecule has 0 saturated heterocycles. The zero-order valence-corrected chi connectivity index (χ0v) is 41.4. The summed E-state index contributed by atoms with van der Waals surface area (Å²) in [7, 11) is -10.8. The van der Waals surface area contributed by atoms with Crippen LogP contribution < -0.4 is 0 Å². The molecule has 1 aliphatic rings. The van der Waals surface area contributed by atoms with Crippen molar-refractivity contribution in [3.8, 4) is 0 Å². The van der Waals surface area contributed by atoms with E-state index in [2.05, 4.69) is 23.6 Å². The first-order valence-corrected chi connectivity index (χ1v) is 26.8. The van der Waals surface area contributed by atoms with Gasteiger partial charge in [0.1, 0.15) is 43.2 Å². The molecule has 1 aliphatic carbocycles. The fourth-order valence-electron chi connectivity index (χ4n) is 6.84. The highest BCUT2D eigenvalue weighted by Crippen LogP contribution is 2.49. The van der Waals surface area contributed by atoms with Gasteiger partial charge in [-0.15, -0.1) is 0 Å². The van der Waals surface area contributed by atoms with Crippen molar-refractivity contribution < 1.29 is 92.2 Å². The van der Waals surface area contributed by atoms with Crippen LogP contribution >= 0.6 is 15.6 Å². The number of carbonyl (C=O) groups is 2. The largest absolute Gasteiger partial charge is 0.472 e. The SMILES string of the molecule is CC/C=C\CCCCCCCCCCCCCC(=O)OC[C@H](COP(=O)(O)O[C@H]1C(O)C(O)C(O)[C@@H](OP(=O)(O)O)C1O)OC(=O)CCC[C@@H](O)[C@H](O)\C=C/C=C\C=C\C=C\[C@@H](O)C/C=C\CC. The molecule has 5 unspecified atom stereocenters. The van der Waals surface area contributed by atoms with Crippen molar-refractivity contribution in [1.82, 2.24) is 0 Å². The number of phosphoric acid groups is 2. The van der Waals surface area contributed by atoms with Crippen LogP contribution in [0.5, 0.6) is 0 Å². The van der Waals surface area contributed by atoms with Gasteiger partial charge >= 0.3 is 27.6 Å². The molecule has 0 aliphatic heterocycles. The van der Waals surface area contributed by atoms with Crippen molar-refractivity contribution >= 4 is 27.6 Å². The average Bonchev–Trinajstić information content (AvgIpc) is 3.28. The normalized spacial score (nSPS) is 23.3. The van der Waals surface area contributed by atoms with E-state index in [0.717, 1.165) is 51.4 Å². The van der Waals surface area contributed by atoms with Crippen LogP contribution in [0.3, 0.4) is 0 Å². The number of ether oxygens (including phenoxy) is 2. The highest BCUT2D eigenvalue weighted by atomic mass is 31.2. The third-order valence-electron chi connectivity index (χ3n) is 10.6. The van der Waals surface area contributed by atoms with Crippen molar-refractivity contribution in [2.24, 2.45) is 0 Å². The molecule has 0 aromatic rings. The maximum Gasteiger partial charge on any atom is 0.472 e. The van der Waals surface area contributed by atoms with Gasteiger partial charge in [-0.25, -0.2) is 9.13 Å². The van der Waals surface area contributed by atoms with Crippen LogP contribution in [-0.4, -0.2) is 137 Å². The Bertz CT molecular complexity index is 1640. The van der Waals surface area contributed by atoms with Crippen LogP contribution in [0.2, 0.25) is 0 Å². The number of unbranched alkanes of at least 4 members (excludes halogenated alkanes) is 11. The van der Waals surface area contributed by atoms with Crippen LogP contribution in [0.1, 0.15) is 136 Å². The first kappa shape index (κ1) is 63.3. The van der Waals surface area contributed by atoms with Crippen LogP contribution in [0.25, 0.3) is 0 Å². The molecule has 21 heteroatoms. The van der Waals surface area contributed by atoms with Crippen LogP contribution in [0, 0.1) is 0 Å². The second-order valence-corrected chi connectivity index (χ2v) is 19.2. The number of aliphatic hydroxyl groups is 7. The van der Waals surface area contributed by atoms with Gasteiger partial charge in [-0.3, -0.25) is 23.2 Å². The molecule has 68 heavy (non-hydrogen) atoms. The van der Waals surface area contributed by atoms with Gasteiger partial charge in [0.25, 0.3) is 0 Å². The third-order valence-corrected chi connectivity index (χ3v) is 12.1. The molecule has 0 amide bonds. The lowest BCUT2D eigenvalue weighted by molar-refractivity contribution is -0.216. The molecule has 1 saturated carbocycles. The molecule has 11 atom stereocenters. The van der Waals surface area contributed by atoms with E-state index in [-0.39, 0.29) is 25.7 Å². The van der Waals surface area contributed by atoms with Crippen molar-refractivity contribution in [3.05, 3.63) is 72.9 Å². The first-order valence-electron chi connectivity index (χ1n) is 23.8. The summed E-state index contributed by atoms with van der Waals surface area (Å²) in [4.78, 5) is 54.3. The highest BCUT2D eigenvalue weighted by molar-refractivity contribution is 7.47. The quantitative estimate of drug-likeness (QED) is 0.0116. The molecular formula is C47H80O19P2. The minimum Gasteiger partial charge on any atom is -0.462 e. The standard InChI is InChI=1S/C47H80O19P2/c1-3-5-7-8-9-10-11-12-13-14-15-16-17-22-26-32-40(51)62-34-37(35-63-68(60,61)66-47-44(55)42(53)43(54)46(45(47)56)65-67(57,58)59)64-41(52)33-27-31-39(50)38(49)30-25-21-19-18-20-24-29-36(48)28-23-6-4-2/h5-7,18-21,23-25,29-30,36-39,42-50,53-56H,3-4,8-17,22,26-28,31-35H2,1-2H3,(H,60,61)(H2,57,58,59)/b7-5-,20-18+,21-19-,23-6-,29-24+,30-25-/t36-,37+,38+,39+,42?,43?,44?,45?,46+,47-/m0/s1. The van der Waals surface area contributed by atoms with Crippen molar-refractivity contribution in [1.29, 1.82) is 0 Å². The van der Waals surface area contributed by atoms with Crippen LogP contribution in [0.4, 0.5) is 0 Å². The van der Waals surface area contributed by atoms with Crippen molar-refractivity contribution in [3.63, 3.8) is 0 Å². The van der Waals surface area contributed by atoms with E-state index in [1.165, 1.54) is 44.3 Å². The molecule has 1 rings (SSSR count). The number of esters is 2. The molecule has 0 spiro atoms. The van der Waals surface area contributed by atoms with Crippen LogP contribution in [-0.2, 0) is 41.8 Å². The zero-order valence-electron chi connectivity index (χ0n) is 39.6. The number of phosphoric ester groups is 2. The van der Waals surface area contributed by atoms with Gasteiger partial charge in [-0.05, 0) is 51.4 Å². The minimum atomic E-state index is -5.41. The van der Waals surface area contributed by atoms with E-state index in [1.807, 2.05) is 19.1 Å². The molecule has 1 fully saturated rings. The monoisotopic (exact) mass is 1010 g/mol. The van der Waals surface area contributed by atoms with E-state index in [9.17, 15) is 69.1 Å². The molecule has 0 heterocycles. The van der Waals surface area contributed by atoms with Gasteiger partial charge < -0.3 is 59.9 Å². The summed E-state index contributed by atoms with van der Waals surface area (Å²) in [5.74, 6) is -1.54. The van der Waals surface area contributed by atoms with Gasteiger partial charge in [0.2, 0.25) is 0 Å². The molecular weight excluding hydrogens is 930 g/mol. The number of aliphatic hydroxyl groups excluding tert-OH is 7. The lowest BCUT2D eigenvalue weighted by Gasteiger charge is -2.43. The van der Waals surface area contributed by atoms with Gasteiger partial charge in [-0.2, -0.15) is 0 Å². The molecule has 10 N–H and O–H groups in total. The van der Waals surface area contributed by atoms with Crippen molar-refractivity contribution in [2.75, 3.05) is 13.2 Å². The summed E-state index contributed by atoms with van der Waals surface area (Å²) in [6.45, 7) is 2.54. The predicted octanol–water partition coefficient (Wildman–Crippen LogP) is 5.75. The Morgan fingerprint density at radius 1 is 0.574 bits per heavy atom. The summed E-state index contributed by atoms with van der Waals surface area (Å²) < 4.78 is 49.1. The second kappa shape index (κ2) is 37.1. The van der Waals surface area contributed by atoms with Gasteiger partial charge in [0.05, 0.1) is 24.9 Å². The lowest BCUT2D eigenvalue weighted by atomic mass is 9.85. The van der Waals surface area contributed by atoms with Gasteiger partial charge in [-0.1, -0.05) is 145 Å². The summed E-state index contributed by atoms with van der Waals surface area (Å²) in [6.07, 6.45) is 17.8. The summed E-state index contributed by atoms with van der Waals surface area (Å²) >= 11 is 0. The smallest absolute Gasteiger partial charge is 0.462 e. The zero-order chi connectivity index (χ0) is 50.8. The molecule has 0 bridgehead atoms. The number of allylic oxidation sites excluding steroid dienone is 9. The van der Waals surface area contributed by atoms with E-state index in [4.69, 9.17) is 18.5 Å². The van der Waals surface area contributed by atoms with Crippen molar-refractivity contribution in [2.45, 2.75) is 197 Å². The maximum absolute atomic E-state index is 13.0. The Balaban J connectivity index is 2.74. The number of carbonyl (C=O) groups excluding carboxylic acids is 2. The van der Waals surface area contributed by atoms with E-state index < -0.39 is 102 Å². The highest BCUT2D eigenvalue weighted by Gasteiger charge is 2.54. The summed E-state index contributed by atoms with van der Waals surface area (Å²) in [5, 5.41) is 71.9. The Hall–Kier alpha value is -2.68. The van der Waals surface area contributed by atoms with Crippen LogP contribution in [0.15, 0.2) is 72.9 Å². The Labute approximate surface area is 401 Å². The topological polar surface area (TPSA) is 317 Å². The molecule has 392 valence electrons. The van der Waals surface area contributed by atoms with E-state index >= 15 is 0 Å². The van der Waals surface area contributed by atoms with E-state index in [1.54, 1.807) is 36.5 Å². The Kier molecular flexibility index (Phi) is 34.6. The third kappa shape index (κ3) is 30.8. The molecule has 0 aromatic carbocycles. The average molecular weight is 1010 g/mol. The first-order chi connectivity index (χ1) is 32.3. The minimum absolute atomic E-state index is 0.0194. The number of rotatable bonds is 38. The predicted molar refractivity (Wildman–Crippen MR) is 254 cm³/mol. The number of hydrogen-bond acceptors (Lipinski definition) is 16. The maximum atomic E-state index is 13.0. The van der Waals surface area contributed by atoms with E-state index in [0.29, 0.717) is 12.8 Å².